The third-order valence-corrected chi connectivity index (χ3v) is 4.36. The number of carboxylic acid groups (broad SMARTS) is 1. The summed E-state index contributed by atoms with van der Waals surface area (Å²) in [7, 11) is 1.73. The first-order chi connectivity index (χ1) is 12.0. The van der Waals surface area contributed by atoms with Crippen molar-refractivity contribution in [3.05, 3.63) is 35.4 Å². The Morgan fingerprint density at radius 3 is 2.64 bits per heavy atom. The van der Waals surface area contributed by atoms with Crippen molar-refractivity contribution in [2.24, 2.45) is 0 Å². The number of benzene rings is 1. The Morgan fingerprint density at radius 1 is 1.32 bits per heavy atom. The first-order valence-electron chi connectivity index (χ1n) is 8.35. The van der Waals surface area contributed by atoms with Crippen LogP contribution >= 0.6 is 0 Å². The molecular weight excluding hydrogens is 320 g/mol. The van der Waals surface area contributed by atoms with Gasteiger partial charge in [0.25, 0.3) is 5.91 Å². The molecule has 0 radical (unpaired) electrons. The number of likely N-dealkylation sites (N-methyl/N-ethyl adjacent to an activating group) is 1. The van der Waals surface area contributed by atoms with E-state index in [1.165, 1.54) is 12.5 Å². The second-order valence-corrected chi connectivity index (χ2v) is 6.10. The molecule has 0 bridgehead atoms. The number of aliphatic carboxylic acids is 1. The first-order valence-corrected chi connectivity index (χ1v) is 8.35. The Morgan fingerprint density at radius 2 is 2.00 bits per heavy atom. The molecule has 0 atom stereocenters. The average molecular weight is 342 g/mol. The molecule has 1 N–H and O–H groups in total. The molecule has 1 amide bonds. The van der Waals surface area contributed by atoms with E-state index in [9.17, 15) is 14.9 Å². The van der Waals surface area contributed by atoms with Crippen molar-refractivity contribution in [2.75, 3.05) is 13.7 Å². The molecule has 6 nitrogen and oxygen atoms in total. The Kier molecular flexibility index (Phi) is 6.58. The van der Waals surface area contributed by atoms with Gasteiger partial charge < -0.3 is 14.7 Å². The minimum absolute atomic E-state index is 0.0134. The number of hydrogen-bond acceptors (Lipinski definition) is 4. The van der Waals surface area contributed by atoms with Crippen molar-refractivity contribution in [2.45, 2.75) is 38.1 Å². The van der Waals surface area contributed by atoms with E-state index in [-0.39, 0.29) is 17.5 Å². The second-order valence-electron chi connectivity index (χ2n) is 6.10. The summed E-state index contributed by atoms with van der Waals surface area (Å²) in [4.78, 5) is 25.0. The molecule has 1 aromatic carbocycles. The van der Waals surface area contributed by atoms with Gasteiger partial charge in [0.05, 0.1) is 0 Å². The van der Waals surface area contributed by atoms with Crippen LogP contribution in [0.1, 0.15) is 37.7 Å². The molecular formula is C19H22N2O4. The molecule has 0 spiro atoms. The number of carboxylic acids is 1. The number of carbonyl (C=O) groups excluding carboxylic acids is 1. The highest BCUT2D eigenvalue weighted by Gasteiger charge is 2.24. The van der Waals surface area contributed by atoms with Gasteiger partial charge in [0.1, 0.15) is 17.4 Å². The quantitative estimate of drug-likeness (QED) is 0.634. The number of nitrogens with zero attached hydrogens (tertiary/aromatic N) is 2. The highest BCUT2D eigenvalue weighted by Crippen LogP contribution is 2.25. The number of hydrogen-bond donors (Lipinski definition) is 1. The Bertz CT molecular complexity index is 700. The fourth-order valence-electron chi connectivity index (χ4n) is 2.99. The van der Waals surface area contributed by atoms with Crippen LogP contribution in [0, 0.1) is 11.3 Å². The van der Waals surface area contributed by atoms with Crippen molar-refractivity contribution in [3.8, 4) is 11.8 Å². The van der Waals surface area contributed by atoms with Gasteiger partial charge in [-0.1, -0.05) is 37.5 Å². The molecule has 25 heavy (non-hydrogen) atoms. The van der Waals surface area contributed by atoms with Gasteiger partial charge in [-0.25, -0.2) is 4.79 Å². The smallest absolute Gasteiger partial charge is 0.341 e. The summed E-state index contributed by atoms with van der Waals surface area (Å²) >= 11 is 0. The van der Waals surface area contributed by atoms with E-state index in [1.807, 2.05) is 6.07 Å². The summed E-state index contributed by atoms with van der Waals surface area (Å²) < 4.78 is 5.22. The molecule has 1 fully saturated rings. The third kappa shape index (κ3) is 5.08. The lowest BCUT2D eigenvalue weighted by Gasteiger charge is -2.31. The molecule has 1 aliphatic rings. The zero-order valence-corrected chi connectivity index (χ0v) is 14.3. The van der Waals surface area contributed by atoms with E-state index in [1.54, 1.807) is 36.2 Å². The van der Waals surface area contributed by atoms with Crippen molar-refractivity contribution >= 4 is 18.0 Å². The monoisotopic (exact) mass is 342 g/mol. The highest BCUT2D eigenvalue weighted by molar-refractivity contribution is 6.02. The highest BCUT2D eigenvalue weighted by atomic mass is 16.5. The predicted octanol–water partition coefficient (Wildman–Crippen LogP) is 2.85. The van der Waals surface area contributed by atoms with Gasteiger partial charge in [0.2, 0.25) is 0 Å². The van der Waals surface area contributed by atoms with Crippen LogP contribution in [-0.2, 0) is 9.59 Å². The maximum atomic E-state index is 12.7. The lowest BCUT2D eigenvalue weighted by atomic mass is 9.94. The minimum Gasteiger partial charge on any atom is -0.481 e. The summed E-state index contributed by atoms with van der Waals surface area (Å²) in [5.74, 6) is -1.08. The number of para-hydroxylation sites is 1. The zero-order valence-electron chi connectivity index (χ0n) is 14.3. The third-order valence-electron chi connectivity index (χ3n) is 4.36. The normalized spacial score (nSPS) is 15.3. The predicted molar refractivity (Wildman–Crippen MR) is 92.8 cm³/mol. The maximum absolute atomic E-state index is 12.7. The van der Waals surface area contributed by atoms with Gasteiger partial charge in [0.15, 0.2) is 6.61 Å². The molecule has 0 saturated heterocycles. The average Bonchev–Trinajstić information content (AvgIpc) is 2.64. The molecule has 1 saturated carbocycles. The molecule has 132 valence electrons. The summed E-state index contributed by atoms with van der Waals surface area (Å²) in [5.41, 5.74) is 0.519. The number of ether oxygens (including phenoxy) is 1. The second kappa shape index (κ2) is 8.88. The molecule has 0 aliphatic heterocycles. The van der Waals surface area contributed by atoms with Crippen LogP contribution in [0.15, 0.2) is 29.8 Å². The fraction of sp³-hybridized carbons (Fsp3) is 0.421. The number of carbonyl (C=O) groups is 2. The van der Waals surface area contributed by atoms with Crippen LogP contribution in [-0.4, -0.2) is 41.6 Å². The van der Waals surface area contributed by atoms with E-state index in [0.29, 0.717) is 11.3 Å². The Balaban J connectivity index is 2.20. The first kappa shape index (κ1) is 18.5. The van der Waals surface area contributed by atoms with Crippen LogP contribution in [0.3, 0.4) is 0 Å². The molecule has 0 aromatic heterocycles. The van der Waals surface area contributed by atoms with Crippen LogP contribution in [0.5, 0.6) is 5.75 Å². The van der Waals surface area contributed by atoms with Gasteiger partial charge in [-0.05, 0) is 25.0 Å². The lowest BCUT2D eigenvalue weighted by Crippen LogP contribution is -2.38. The van der Waals surface area contributed by atoms with Gasteiger partial charge in [0, 0.05) is 18.7 Å². The maximum Gasteiger partial charge on any atom is 0.341 e. The topological polar surface area (TPSA) is 90.6 Å². The van der Waals surface area contributed by atoms with E-state index < -0.39 is 12.6 Å². The molecule has 0 heterocycles. The molecule has 2 rings (SSSR count). The van der Waals surface area contributed by atoms with E-state index in [0.717, 1.165) is 25.7 Å². The van der Waals surface area contributed by atoms with Crippen molar-refractivity contribution in [1.29, 1.82) is 5.26 Å². The van der Waals surface area contributed by atoms with Gasteiger partial charge in [-0.15, -0.1) is 0 Å². The number of rotatable bonds is 6. The standard InChI is InChI=1S/C19H22N2O4/c1-21(16-8-3-2-4-9-16)19(24)15(12-20)11-14-7-5-6-10-17(14)25-13-18(22)23/h5-7,10-11,16H,2-4,8-9,13H2,1H3,(H,22,23). The van der Waals surface area contributed by atoms with Gasteiger partial charge >= 0.3 is 5.97 Å². The van der Waals surface area contributed by atoms with E-state index >= 15 is 0 Å². The summed E-state index contributed by atoms with van der Waals surface area (Å²) in [6.07, 6.45) is 6.75. The van der Waals surface area contributed by atoms with Crippen LogP contribution in [0.4, 0.5) is 0 Å². The summed E-state index contributed by atoms with van der Waals surface area (Å²) in [6.45, 7) is -0.483. The molecule has 0 unspecified atom stereocenters. The molecule has 6 heteroatoms. The minimum atomic E-state index is -1.09. The lowest BCUT2D eigenvalue weighted by molar-refractivity contribution is -0.139. The van der Waals surface area contributed by atoms with Crippen LogP contribution < -0.4 is 4.74 Å². The van der Waals surface area contributed by atoms with E-state index in [2.05, 4.69) is 0 Å². The Hall–Kier alpha value is -2.81. The number of amides is 1. The van der Waals surface area contributed by atoms with Gasteiger partial charge in [-0.2, -0.15) is 5.26 Å². The summed E-state index contributed by atoms with van der Waals surface area (Å²) in [5, 5.41) is 18.2. The van der Waals surface area contributed by atoms with Crippen LogP contribution in [0.25, 0.3) is 6.08 Å². The molecule has 1 aromatic rings. The Labute approximate surface area is 147 Å². The number of nitriles is 1. The molecule has 1 aliphatic carbocycles. The van der Waals surface area contributed by atoms with Crippen LogP contribution in [0.2, 0.25) is 0 Å². The largest absolute Gasteiger partial charge is 0.481 e. The van der Waals surface area contributed by atoms with Crippen molar-refractivity contribution in [1.82, 2.24) is 4.90 Å². The van der Waals surface area contributed by atoms with Gasteiger partial charge in [-0.3, -0.25) is 4.79 Å². The summed E-state index contributed by atoms with van der Waals surface area (Å²) in [6, 6.07) is 8.86. The fourth-order valence-corrected chi connectivity index (χ4v) is 2.99. The SMILES string of the molecule is CN(C(=O)C(C#N)=Cc1ccccc1OCC(=O)O)C1CCCCC1. The van der Waals surface area contributed by atoms with Crippen molar-refractivity contribution < 1.29 is 19.4 Å². The zero-order chi connectivity index (χ0) is 18.2. The van der Waals surface area contributed by atoms with E-state index in [4.69, 9.17) is 9.84 Å². The van der Waals surface area contributed by atoms with Crippen molar-refractivity contribution in [3.63, 3.8) is 0 Å².